The molecule has 0 bridgehead atoms. The zero-order valence-corrected chi connectivity index (χ0v) is 10.4. The highest BCUT2D eigenvalue weighted by Gasteiger charge is 1.97. The van der Waals surface area contributed by atoms with Crippen molar-refractivity contribution in [3.8, 4) is 11.8 Å². The zero-order chi connectivity index (χ0) is 12.8. The highest BCUT2D eigenvalue weighted by atomic mass is 16.5. The summed E-state index contributed by atoms with van der Waals surface area (Å²) in [4.78, 5) is 0. The predicted molar refractivity (Wildman–Crippen MR) is 71.3 cm³/mol. The summed E-state index contributed by atoms with van der Waals surface area (Å²) in [5.41, 5.74) is 3.13. The molecule has 0 saturated carbocycles. The Hall–Kier alpha value is -2.27. The Labute approximate surface area is 107 Å². The van der Waals surface area contributed by atoms with Gasteiger partial charge in [0.25, 0.3) is 0 Å². The topological polar surface area (TPSA) is 33.0 Å². The van der Waals surface area contributed by atoms with E-state index in [4.69, 9.17) is 10.00 Å². The molecule has 2 aromatic carbocycles. The maximum Gasteiger partial charge on any atom is 0.119 e. The Balaban J connectivity index is 1.95. The van der Waals surface area contributed by atoms with Gasteiger partial charge in [-0.05, 0) is 41.8 Å². The molecule has 2 heteroatoms. The van der Waals surface area contributed by atoms with E-state index in [1.807, 2.05) is 12.1 Å². The lowest BCUT2D eigenvalue weighted by Crippen LogP contribution is -1.95. The van der Waals surface area contributed by atoms with Crippen LogP contribution >= 0.6 is 0 Å². The molecule has 90 valence electrons. The molecule has 2 rings (SSSR count). The van der Waals surface area contributed by atoms with Crippen molar-refractivity contribution in [2.24, 2.45) is 0 Å². The summed E-state index contributed by atoms with van der Waals surface area (Å²) in [6, 6.07) is 17.7. The number of hydrogen-bond donors (Lipinski definition) is 0. The fourth-order valence-electron chi connectivity index (χ4n) is 1.66. The summed E-state index contributed by atoms with van der Waals surface area (Å²) >= 11 is 0. The molecule has 0 unspecified atom stereocenters. The number of nitrogens with zero attached hydrogens (tertiary/aromatic N) is 1. The molecule has 0 heterocycles. The minimum Gasteiger partial charge on any atom is -0.489 e. The highest BCUT2D eigenvalue weighted by Crippen LogP contribution is 2.14. The van der Waals surface area contributed by atoms with E-state index in [0.717, 1.165) is 17.7 Å². The van der Waals surface area contributed by atoms with Gasteiger partial charge in [-0.15, -0.1) is 0 Å². The van der Waals surface area contributed by atoms with Crippen molar-refractivity contribution in [1.29, 1.82) is 5.26 Å². The van der Waals surface area contributed by atoms with E-state index in [9.17, 15) is 0 Å². The molecule has 0 atom stereocenters. The van der Waals surface area contributed by atoms with Crippen molar-refractivity contribution >= 4 is 0 Å². The molecule has 0 N–H and O–H groups in total. The Morgan fingerprint density at radius 3 is 2.11 bits per heavy atom. The molecule has 0 fully saturated rings. The van der Waals surface area contributed by atoms with Crippen molar-refractivity contribution in [2.75, 3.05) is 0 Å². The monoisotopic (exact) mass is 237 g/mol. The highest BCUT2D eigenvalue weighted by molar-refractivity contribution is 5.34. The van der Waals surface area contributed by atoms with Gasteiger partial charge in [-0.1, -0.05) is 31.2 Å². The van der Waals surface area contributed by atoms with Crippen LogP contribution in [0.1, 0.15) is 23.6 Å². The normalized spacial score (nSPS) is 9.78. The van der Waals surface area contributed by atoms with E-state index in [1.165, 1.54) is 5.56 Å². The quantitative estimate of drug-likeness (QED) is 0.812. The van der Waals surface area contributed by atoms with Crippen LogP contribution in [0.3, 0.4) is 0 Å². The number of aryl methyl sites for hydroxylation is 1. The fourth-order valence-corrected chi connectivity index (χ4v) is 1.66. The smallest absolute Gasteiger partial charge is 0.119 e. The molecule has 0 aliphatic rings. The Kier molecular flexibility index (Phi) is 3.98. The average molecular weight is 237 g/mol. The van der Waals surface area contributed by atoms with E-state index >= 15 is 0 Å². The molecule has 2 nitrogen and oxygen atoms in total. The van der Waals surface area contributed by atoms with E-state index < -0.39 is 0 Å². The number of ether oxygens (including phenoxy) is 1. The Morgan fingerprint density at radius 1 is 0.944 bits per heavy atom. The second-order valence-electron chi connectivity index (χ2n) is 4.09. The molecular weight excluding hydrogens is 222 g/mol. The van der Waals surface area contributed by atoms with Crippen LogP contribution in [0.15, 0.2) is 48.5 Å². The van der Waals surface area contributed by atoms with Crippen molar-refractivity contribution < 1.29 is 4.74 Å². The Morgan fingerprint density at radius 2 is 1.56 bits per heavy atom. The van der Waals surface area contributed by atoms with Crippen molar-refractivity contribution in [3.05, 3.63) is 65.2 Å². The number of hydrogen-bond acceptors (Lipinski definition) is 2. The molecule has 0 spiro atoms. The third-order valence-electron chi connectivity index (χ3n) is 2.82. The van der Waals surface area contributed by atoms with Gasteiger partial charge in [-0.3, -0.25) is 0 Å². The molecular formula is C16H15NO. The van der Waals surface area contributed by atoms with Gasteiger partial charge in [0.2, 0.25) is 0 Å². The molecule has 18 heavy (non-hydrogen) atoms. The van der Waals surface area contributed by atoms with Gasteiger partial charge in [0.1, 0.15) is 12.4 Å². The van der Waals surface area contributed by atoms with Gasteiger partial charge in [0.05, 0.1) is 11.6 Å². The second kappa shape index (κ2) is 5.88. The van der Waals surface area contributed by atoms with E-state index in [2.05, 4.69) is 37.3 Å². The van der Waals surface area contributed by atoms with Gasteiger partial charge in [-0.25, -0.2) is 0 Å². The van der Waals surface area contributed by atoms with Gasteiger partial charge in [0, 0.05) is 0 Å². The van der Waals surface area contributed by atoms with Crippen LogP contribution in [0.2, 0.25) is 0 Å². The lowest BCUT2D eigenvalue weighted by Gasteiger charge is -2.06. The van der Waals surface area contributed by atoms with Crippen molar-refractivity contribution in [1.82, 2.24) is 0 Å². The van der Waals surface area contributed by atoms with Crippen molar-refractivity contribution in [3.63, 3.8) is 0 Å². The summed E-state index contributed by atoms with van der Waals surface area (Å²) in [5, 5.41) is 8.69. The van der Waals surface area contributed by atoms with E-state index in [-0.39, 0.29) is 0 Å². The first kappa shape index (κ1) is 12.2. The summed E-state index contributed by atoms with van der Waals surface area (Å²) in [6.45, 7) is 2.69. The minimum absolute atomic E-state index is 0.551. The van der Waals surface area contributed by atoms with Crippen LogP contribution in [-0.4, -0.2) is 0 Å². The lowest BCUT2D eigenvalue weighted by molar-refractivity contribution is 0.306. The van der Waals surface area contributed by atoms with E-state index in [0.29, 0.717) is 12.2 Å². The maximum absolute atomic E-state index is 8.69. The van der Waals surface area contributed by atoms with Crippen LogP contribution in [0, 0.1) is 11.3 Å². The molecule has 0 saturated heterocycles. The average Bonchev–Trinajstić information content (AvgIpc) is 2.46. The summed E-state index contributed by atoms with van der Waals surface area (Å²) in [6.07, 6.45) is 1.05. The fraction of sp³-hybridized carbons (Fsp3) is 0.188. The summed E-state index contributed by atoms with van der Waals surface area (Å²) < 4.78 is 5.66. The van der Waals surface area contributed by atoms with Gasteiger partial charge >= 0.3 is 0 Å². The number of benzene rings is 2. The summed E-state index contributed by atoms with van der Waals surface area (Å²) in [5.74, 6) is 0.786. The van der Waals surface area contributed by atoms with Crippen LogP contribution in [0.25, 0.3) is 0 Å². The second-order valence-corrected chi connectivity index (χ2v) is 4.09. The molecule has 2 aromatic rings. The van der Waals surface area contributed by atoms with Gasteiger partial charge in [-0.2, -0.15) is 5.26 Å². The number of rotatable bonds is 4. The predicted octanol–water partition coefficient (Wildman–Crippen LogP) is 3.70. The lowest BCUT2D eigenvalue weighted by atomic mass is 10.1. The molecule has 0 amide bonds. The first-order valence-electron chi connectivity index (χ1n) is 6.02. The molecule has 0 aliphatic heterocycles. The van der Waals surface area contributed by atoms with Crippen LogP contribution in [0.4, 0.5) is 0 Å². The largest absolute Gasteiger partial charge is 0.489 e. The first-order valence-corrected chi connectivity index (χ1v) is 6.02. The SMILES string of the molecule is CCc1ccc(COc2ccc(C#N)cc2)cc1. The third kappa shape index (κ3) is 3.11. The summed E-state index contributed by atoms with van der Waals surface area (Å²) in [7, 11) is 0. The maximum atomic E-state index is 8.69. The van der Waals surface area contributed by atoms with Crippen LogP contribution in [-0.2, 0) is 13.0 Å². The minimum atomic E-state index is 0.551. The zero-order valence-electron chi connectivity index (χ0n) is 10.4. The van der Waals surface area contributed by atoms with Gasteiger partial charge in [0.15, 0.2) is 0 Å². The molecule has 0 aromatic heterocycles. The first-order chi connectivity index (χ1) is 8.81. The number of nitriles is 1. The standard InChI is InChI=1S/C16H15NO/c1-2-13-3-5-15(6-4-13)12-18-16-9-7-14(11-17)8-10-16/h3-10H,2,12H2,1H3. The Bertz CT molecular complexity index is 535. The molecule has 0 radical (unpaired) electrons. The van der Waals surface area contributed by atoms with Crippen LogP contribution in [0.5, 0.6) is 5.75 Å². The van der Waals surface area contributed by atoms with Crippen LogP contribution < -0.4 is 4.74 Å². The van der Waals surface area contributed by atoms with Crippen molar-refractivity contribution in [2.45, 2.75) is 20.0 Å². The van der Waals surface area contributed by atoms with Gasteiger partial charge < -0.3 is 4.74 Å². The third-order valence-corrected chi connectivity index (χ3v) is 2.82. The molecule has 0 aliphatic carbocycles. The van der Waals surface area contributed by atoms with E-state index in [1.54, 1.807) is 12.1 Å².